The van der Waals surface area contributed by atoms with Gasteiger partial charge in [0, 0.05) is 22.7 Å². The van der Waals surface area contributed by atoms with Crippen LogP contribution in [0.2, 0.25) is 0 Å². The normalized spacial score (nSPS) is 11.6. The lowest BCUT2D eigenvalue weighted by molar-refractivity contribution is -0.145. The molecule has 0 spiro atoms. The van der Waals surface area contributed by atoms with Crippen LogP contribution in [0.3, 0.4) is 0 Å². The molecule has 7 heteroatoms. The van der Waals surface area contributed by atoms with Gasteiger partial charge < -0.3 is 15.4 Å². The van der Waals surface area contributed by atoms with Crippen LogP contribution in [-0.2, 0) is 14.3 Å². The number of carbonyl (C=O) groups is 4. The molecular weight excluding hydrogens is 420 g/mol. The van der Waals surface area contributed by atoms with Gasteiger partial charge in [-0.1, -0.05) is 44.2 Å². The molecule has 0 bridgehead atoms. The van der Waals surface area contributed by atoms with Gasteiger partial charge in [-0.05, 0) is 54.1 Å². The Kier molecular flexibility index (Phi) is 7.56. The van der Waals surface area contributed by atoms with Crippen LogP contribution in [0.1, 0.15) is 41.5 Å². The molecule has 0 radical (unpaired) electrons. The molecule has 33 heavy (non-hydrogen) atoms. The average Bonchev–Trinajstić information content (AvgIpc) is 2.82. The molecule has 7 nitrogen and oxygen atoms in total. The lowest BCUT2D eigenvalue weighted by Crippen LogP contribution is -2.34. The van der Waals surface area contributed by atoms with E-state index in [9.17, 15) is 19.2 Å². The fourth-order valence-corrected chi connectivity index (χ4v) is 3.12. The first-order chi connectivity index (χ1) is 15.7. The van der Waals surface area contributed by atoms with E-state index in [1.165, 1.54) is 6.92 Å². The van der Waals surface area contributed by atoms with Crippen molar-refractivity contribution < 1.29 is 23.9 Å². The molecule has 0 aliphatic carbocycles. The fourth-order valence-electron chi connectivity index (χ4n) is 3.12. The third kappa shape index (κ3) is 6.26. The predicted molar refractivity (Wildman–Crippen MR) is 126 cm³/mol. The Morgan fingerprint density at radius 2 is 1.45 bits per heavy atom. The maximum absolute atomic E-state index is 12.6. The molecule has 0 aliphatic heterocycles. The molecule has 0 aliphatic rings. The zero-order chi connectivity index (χ0) is 24.0. The molecule has 0 aromatic heterocycles. The van der Waals surface area contributed by atoms with Crippen molar-refractivity contribution in [1.82, 2.24) is 5.32 Å². The third-order valence-electron chi connectivity index (χ3n) is 5.04. The number of fused-ring (bicyclic) bond motifs is 1. The number of carbonyl (C=O) groups excluding carboxylic acids is 4. The molecule has 0 fully saturated rings. The topological polar surface area (TPSA) is 102 Å². The van der Waals surface area contributed by atoms with Crippen molar-refractivity contribution in [3.05, 3.63) is 77.9 Å². The lowest BCUT2D eigenvalue weighted by Gasteiger charge is -2.13. The summed E-state index contributed by atoms with van der Waals surface area (Å²) in [4.78, 5) is 48.8. The van der Waals surface area contributed by atoms with Crippen LogP contribution in [0.4, 0.5) is 5.69 Å². The summed E-state index contributed by atoms with van der Waals surface area (Å²) in [6.45, 7) is 4.68. The van der Waals surface area contributed by atoms with Crippen LogP contribution in [0.15, 0.2) is 66.7 Å². The molecule has 1 atom stereocenters. The summed E-state index contributed by atoms with van der Waals surface area (Å²) < 4.78 is 5.18. The molecule has 0 saturated carbocycles. The Bertz CT molecular complexity index is 1180. The van der Waals surface area contributed by atoms with Gasteiger partial charge in [-0.3, -0.25) is 19.2 Å². The predicted octanol–water partition coefficient (Wildman–Crippen LogP) is 3.98. The summed E-state index contributed by atoms with van der Waals surface area (Å²) in [5, 5.41) is 7.19. The Hall–Kier alpha value is -4.00. The number of Topliss-reactive ketones (excluding diaryl/α,β-unsaturated/α-hetero) is 1. The minimum Gasteiger partial charge on any atom is -0.453 e. The Labute approximate surface area is 192 Å². The number of amides is 2. The highest BCUT2D eigenvalue weighted by Gasteiger charge is 2.20. The number of ketones is 1. The first-order valence-electron chi connectivity index (χ1n) is 10.7. The van der Waals surface area contributed by atoms with E-state index in [-0.39, 0.29) is 24.2 Å². The molecule has 0 unspecified atom stereocenters. The summed E-state index contributed by atoms with van der Waals surface area (Å²) in [5.74, 6) is -1.79. The second-order valence-corrected chi connectivity index (χ2v) is 7.96. The second kappa shape index (κ2) is 10.5. The van der Waals surface area contributed by atoms with Gasteiger partial charge >= 0.3 is 5.97 Å². The highest BCUT2D eigenvalue weighted by atomic mass is 16.5. The van der Waals surface area contributed by atoms with E-state index in [0.717, 1.165) is 10.8 Å². The van der Waals surface area contributed by atoms with Gasteiger partial charge in [0.05, 0.1) is 0 Å². The third-order valence-corrected chi connectivity index (χ3v) is 5.04. The van der Waals surface area contributed by atoms with Crippen LogP contribution in [-0.4, -0.2) is 36.2 Å². The van der Waals surface area contributed by atoms with Gasteiger partial charge in [0.1, 0.15) is 6.54 Å². The van der Waals surface area contributed by atoms with Crippen LogP contribution >= 0.6 is 0 Å². The zero-order valence-corrected chi connectivity index (χ0v) is 18.8. The molecular formula is C26H26N2O5. The molecule has 0 saturated heterocycles. The maximum Gasteiger partial charge on any atom is 0.326 e. The van der Waals surface area contributed by atoms with Crippen LogP contribution in [0.5, 0.6) is 0 Å². The Morgan fingerprint density at radius 1 is 0.818 bits per heavy atom. The number of hydrogen-bond acceptors (Lipinski definition) is 5. The van der Waals surface area contributed by atoms with Crippen molar-refractivity contribution in [3.8, 4) is 0 Å². The largest absolute Gasteiger partial charge is 0.453 e. The molecule has 3 rings (SSSR count). The van der Waals surface area contributed by atoms with Crippen molar-refractivity contribution >= 4 is 40.0 Å². The SMILES string of the molecule is CC(C)C(=O)Nc1ccc(C(=O)[C@@H](C)OC(=O)CNC(=O)c2ccc3ccccc3c2)cc1. The molecule has 2 amide bonds. The summed E-state index contributed by atoms with van der Waals surface area (Å²) in [6, 6.07) is 19.3. The van der Waals surface area contributed by atoms with Gasteiger partial charge in [-0.2, -0.15) is 0 Å². The van der Waals surface area contributed by atoms with Crippen LogP contribution < -0.4 is 10.6 Å². The number of esters is 1. The lowest BCUT2D eigenvalue weighted by atomic mass is 10.1. The summed E-state index contributed by atoms with van der Waals surface area (Å²) in [5.41, 5.74) is 1.35. The number of ether oxygens (including phenoxy) is 1. The highest BCUT2D eigenvalue weighted by molar-refractivity contribution is 6.02. The molecule has 2 N–H and O–H groups in total. The first kappa shape index (κ1) is 23.7. The minimum absolute atomic E-state index is 0.123. The number of hydrogen-bond donors (Lipinski definition) is 2. The summed E-state index contributed by atoms with van der Waals surface area (Å²) >= 11 is 0. The van der Waals surface area contributed by atoms with E-state index in [2.05, 4.69) is 10.6 Å². The van der Waals surface area contributed by atoms with Gasteiger partial charge in [0.25, 0.3) is 5.91 Å². The molecule has 3 aromatic carbocycles. The van der Waals surface area contributed by atoms with Crippen molar-refractivity contribution in [2.45, 2.75) is 26.9 Å². The van der Waals surface area contributed by atoms with Crippen molar-refractivity contribution in [1.29, 1.82) is 0 Å². The average molecular weight is 447 g/mol. The van der Waals surface area contributed by atoms with Crippen molar-refractivity contribution in [3.63, 3.8) is 0 Å². The Morgan fingerprint density at radius 3 is 2.12 bits per heavy atom. The quantitative estimate of drug-likeness (QED) is 0.403. The smallest absolute Gasteiger partial charge is 0.326 e. The van der Waals surface area contributed by atoms with E-state index in [1.807, 2.05) is 30.3 Å². The standard InChI is InChI=1S/C26H26N2O5/c1-16(2)25(31)28-22-12-10-19(11-13-22)24(30)17(3)33-23(29)15-27-26(32)21-9-8-18-6-4-5-7-20(18)14-21/h4-14,16-17H,15H2,1-3H3,(H,27,32)(H,28,31)/t17-/m1/s1. The van der Waals surface area contributed by atoms with Crippen molar-refractivity contribution in [2.24, 2.45) is 5.92 Å². The highest BCUT2D eigenvalue weighted by Crippen LogP contribution is 2.16. The van der Waals surface area contributed by atoms with Gasteiger partial charge in [-0.25, -0.2) is 0 Å². The zero-order valence-electron chi connectivity index (χ0n) is 18.8. The summed E-state index contributed by atoms with van der Waals surface area (Å²) in [6.07, 6.45) is -1.02. The number of nitrogens with one attached hydrogen (secondary N) is 2. The van der Waals surface area contributed by atoms with E-state index >= 15 is 0 Å². The van der Waals surface area contributed by atoms with Crippen molar-refractivity contribution in [2.75, 3.05) is 11.9 Å². The molecule has 170 valence electrons. The monoisotopic (exact) mass is 446 g/mol. The van der Waals surface area contributed by atoms with Gasteiger partial charge in [0.2, 0.25) is 11.7 Å². The Balaban J connectivity index is 1.51. The van der Waals surface area contributed by atoms with E-state index in [0.29, 0.717) is 16.8 Å². The second-order valence-electron chi connectivity index (χ2n) is 7.96. The minimum atomic E-state index is -1.02. The van der Waals surface area contributed by atoms with Gasteiger partial charge in [0.15, 0.2) is 6.10 Å². The van der Waals surface area contributed by atoms with E-state index in [1.54, 1.807) is 50.2 Å². The van der Waals surface area contributed by atoms with Crippen LogP contribution in [0.25, 0.3) is 10.8 Å². The van der Waals surface area contributed by atoms with Crippen LogP contribution in [0, 0.1) is 5.92 Å². The van der Waals surface area contributed by atoms with E-state index in [4.69, 9.17) is 4.74 Å². The van der Waals surface area contributed by atoms with Gasteiger partial charge in [-0.15, -0.1) is 0 Å². The summed E-state index contributed by atoms with van der Waals surface area (Å²) in [7, 11) is 0. The molecule has 0 heterocycles. The number of rotatable bonds is 8. The maximum atomic E-state index is 12.6. The molecule has 3 aromatic rings. The van der Waals surface area contributed by atoms with E-state index < -0.39 is 18.0 Å². The fraction of sp³-hybridized carbons (Fsp3) is 0.231. The first-order valence-corrected chi connectivity index (χ1v) is 10.7. The number of anilines is 1. The number of benzene rings is 3.